The van der Waals surface area contributed by atoms with Crippen LogP contribution >= 0.6 is 0 Å². The van der Waals surface area contributed by atoms with Gasteiger partial charge in [-0.25, -0.2) is 0 Å². The Morgan fingerprint density at radius 3 is 2.44 bits per heavy atom. The van der Waals surface area contributed by atoms with Gasteiger partial charge in [-0.3, -0.25) is 4.90 Å². The van der Waals surface area contributed by atoms with Gasteiger partial charge in [0.25, 0.3) is 0 Å². The number of likely N-dealkylation sites (N-methyl/N-ethyl adjacent to an activating group) is 1. The lowest BCUT2D eigenvalue weighted by Gasteiger charge is -2.34. The fraction of sp³-hybridized carbons (Fsp3) is 0.571. The third-order valence-electron chi connectivity index (χ3n) is 3.61. The van der Waals surface area contributed by atoms with Crippen LogP contribution in [0.25, 0.3) is 0 Å². The molecule has 0 bridgehead atoms. The highest BCUT2D eigenvalue weighted by Gasteiger charge is 2.17. The van der Waals surface area contributed by atoms with Gasteiger partial charge in [0.05, 0.1) is 7.11 Å². The number of phenolic OH excluding ortho intramolecular Hbond substituents is 1. The van der Waals surface area contributed by atoms with Gasteiger partial charge in [-0.15, -0.1) is 0 Å². The first kappa shape index (κ1) is 13.2. The molecule has 100 valence electrons. The van der Waals surface area contributed by atoms with Gasteiger partial charge in [0.2, 0.25) is 0 Å². The van der Waals surface area contributed by atoms with Crippen LogP contribution in [0.3, 0.4) is 0 Å². The number of piperazine rings is 1. The van der Waals surface area contributed by atoms with Crippen molar-refractivity contribution < 1.29 is 9.84 Å². The van der Waals surface area contributed by atoms with Gasteiger partial charge in [0.1, 0.15) is 0 Å². The van der Waals surface area contributed by atoms with E-state index >= 15 is 0 Å². The summed E-state index contributed by atoms with van der Waals surface area (Å²) in [5.74, 6) is 0.831. The van der Waals surface area contributed by atoms with Crippen LogP contribution in [0.1, 0.15) is 12.5 Å². The molecule has 1 aliphatic heterocycles. The standard InChI is InChI=1S/C14H22N2O2/c1-3-15-7-9-16(10-8-15)11-12-5-4-6-13(18-2)14(12)17/h4-6,17H,3,7-11H2,1-2H3. The van der Waals surface area contributed by atoms with E-state index in [2.05, 4.69) is 16.7 Å². The molecule has 0 atom stereocenters. The molecule has 1 aromatic carbocycles. The topological polar surface area (TPSA) is 35.9 Å². The molecule has 1 fully saturated rings. The normalized spacial score (nSPS) is 17.9. The Bertz CT molecular complexity index is 387. The molecule has 1 aromatic rings. The molecule has 0 aliphatic carbocycles. The number of ether oxygens (including phenoxy) is 1. The summed E-state index contributed by atoms with van der Waals surface area (Å²) in [7, 11) is 1.58. The summed E-state index contributed by atoms with van der Waals surface area (Å²) in [5.41, 5.74) is 0.944. The maximum atomic E-state index is 10.1. The van der Waals surface area contributed by atoms with Crippen LogP contribution in [0.4, 0.5) is 0 Å². The largest absolute Gasteiger partial charge is 0.504 e. The molecule has 1 heterocycles. The molecular formula is C14H22N2O2. The van der Waals surface area contributed by atoms with Crippen molar-refractivity contribution in [1.82, 2.24) is 9.80 Å². The van der Waals surface area contributed by atoms with Crippen LogP contribution < -0.4 is 4.74 Å². The number of phenols is 1. The zero-order valence-corrected chi connectivity index (χ0v) is 11.2. The van der Waals surface area contributed by atoms with E-state index in [-0.39, 0.29) is 5.75 Å². The molecule has 0 saturated carbocycles. The summed E-state index contributed by atoms with van der Waals surface area (Å²) < 4.78 is 5.13. The zero-order chi connectivity index (χ0) is 13.0. The maximum Gasteiger partial charge on any atom is 0.162 e. The van der Waals surface area contributed by atoms with Crippen molar-refractivity contribution in [2.75, 3.05) is 39.8 Å². The van der Waals surface area contributed by atoms with Crippen LogP contribution in [0.15, 0.2) is 18.2 Å². The maximum absolute atomic E-state index is 10.1. The van der Waals surface area contributed by atoms with Crippen LogP contribution in [-0.2, 0) is 6.54 Å². The summed E-state index contributed by atoms with van der Waals surface area (Å²) in [5, 5.41) is 10.1. The first-order valence-corrected chi connectivity index (χ1v) is 6.54. The molecule has 0 radical (unpaired) electrons. The minimum atomic E-state index is 0.276. The van der Waals surface area contributed by atoms with E-state index in [0.717, 1.165) is 44.8 Å². The van der Waals surface area contributed by atoms with Gasteiger partial charge in [-0.1, -0.05) is 19.1 Å². The summed E-state index contributed by atoms with van der Waals surface area (Å²) in [4.78, 5) is 4.82. The second-order valence-electron chi connectivity index (χ2n) is 4.68. The van der Waals surface area contributed by atoms with E-state index in [4.69, 9.17) is 4.74 Å². The van der Waals surface area contributed by atoms with Gasteiger partial charge in [0.15, 0.2) is 11.5 Å². The highest BCUT2D eigenvalue weighted by molar-refractivity contribution is 5.45. The number of methoxy groups -OCH3 is 1. The van der Waals surface area contributed by atoms with Gasteiger partial charge < -0.3 is 14.7 Å². The lowest BCUT2D eigenvalue weighted by molar-refractivity contribution is 0.131. The highest BCUT2D eigenvalue weighted by atomic mass is 16.5. The van der Waals surface area contributed by atoms with Crippen molar-refractivity contribution in [1.29, 1.82) is 0 Å². The van der Waals surface area contributed by atoms with E-state index in [9.17, 15) is 5.11 Å². The van der Waals surface area contributed by atoms with Crippen molar-refractivity contribution in [2.45, 2.75) is 13.5 Å². The Hall–Kier alpha value is -1.26. The molecule has 18 heavy (non-hydrogen) atoms. The summed E-state index contributed by atoms with van der Waals surface area (Å²) in [6.45, 7) is 8.46. The SMILES string of the molecule is CCN1CCN(Cc2cccc(OC)c2O)CC1. The monoisotopic (exact) mass is 250 g/mol. The van der Waals surface area contributed by atoms with Gasteiger partial charge in [0, 0.05) is 38.3 Å². The lowest BCUT2D eigenvalue weighted by Crippen LogP contribution is -2.45. The highest BCUT2D eigenvalue weighted by Crippen LogP contribution is 2.30. The Morgan fingerprint density at radius 2 is 1.83 bits per heavy atom. The number of nitrogens with zero attached hydrogens (tertiary/aromatic N) is 2. The number of para-hydroxylation sites is 1. The Labute approximate surface area is 109 Å². The molecule has 0 spiro atoms. The van der Waals surface area contributed by atoms with E-state index in [1.807, 2.05) is 12.1 Å². The minimum Gasteiger partial charge on any atom is -0.504 e. The fourth-order valence-corrected chi connectivity index (χ4v) is 2.36. The molecule has 1 aliphatic rings. The van der Waals surface area contributed by atoms with Crippen LogP contribution in [0, 0.1) is 0 Å². The van der Waals surface area contributed by atoms with Crippen molar-refractivity contribution >= 4 is 0 Å². The quantitative estimate of drug-likeness (QED) is 0.879. The second-order valence-corrected chi connectivity index (χ2v) is 4.68. The number of hydrogen-bond donors (Lipinski definition) is 1. The van der Waals surface area contributed by atoms with Crippen molar-refractivity contribution in [3.05, 3.63) is 23.8 Å². The Balaban J connectivity index is 1.98. The molecule has 1 saturated heterocycles. The predicted octanol–water partition coefficient (Wildman–Crippen LogP) is 1.54. The molecule has 2 rings (SSSR count). The van der Waals surface area contributed by atoms with Gasteiger partial charge >= 0.3 is 0 Å². The van der Waals surface area contributed by atoms with E-state index in [1.165, 1.54) is 0 Å². The Morgan fingerprint density at radius 1 is 1.17 bits per heavy atom. The van der Waals surface area contributed by atoms with Gasteiger partial charge in [-0.2, -0.15) is 0 Å². The predicted molar refractivity (Wildman–Crippen MR) is 72.0 cm³/mol. The third-order valence-corrected chi connectivity index (χ3v) is 3.61. The number of rotatable bonds is 4. The average molecular weight is 250 g/mol. The Kier molecular flexibility index (Phi) is 4.44. The third kappa shape index (κ3) is 2.94. The number of hydrogen-bond acceptors (Lipinski definition) is 4. The first-order chi connectivity index (χ1) is 8.74. The molecule has 0 aromatic heterocycles. The smallest absolute Gasteiger partial charge is 0.162 e. The van der Waals surface area contributed by atoms with Crippen molar-refractivity contribution in [2.24, 2.45) is 0 Å². The van der Waals surface area contributed by atoms with Crippen molar-refractivity contribution in [3.63, 3.8) is 0 Å². The second kappa shape index (κ2) is 6.07. The van der Waals surface area contributed by atoms with Crippen molar-refractivity contribution in [3.8, 4) is 11.5 Å². The van der Waals surface area contributed by atoms with E-state index < -0.39 is 0 Å². The molecule has 4 heteroatoms. The number of benzene rings is 1. The summed E-state index contributed by atoms with van der Waals surface area (Å²) in [6, 6.07) is 5.67. The fourth-order valence-electron chi connectivity index (χ4n) is 2.36. The first-order valence-electron chi connectivity index (χ1n) is 6.54. The van der Waals surface area contributed by atoms with E-state index in [0.29, 0.717) is 5.75 Å². The zero-order valence-electron chi connectivity index (χ0n) is 11.2. The summed E-state index contributed by atoms with van der Waals surface area (Å²) in [6.07, 6.45) is 0. The molecule has 1 N–H and O–H groups in total. The molecule has 0 unspecified atom stereocenters. The molecule has 0 amide bonds. The summed E-state index contributed by atoms with van der Waals surface area (Å²) >= 11 is 0. The van der Waals surface area contributed by atoms with Crippen LogP contribution in [0.2, 0.25) is 0 Å². The number of aromatic hydroxyl groups is 1. The van der Waals surface area contributed by atoms with Gasteiger partial charge in [-0.05, 0) is 12.6 Å². The van der Waals surface area contributed by atoms with Crippen LogP contribution in [-0.4, -0.2) is 54.7 Å². The lowest BCUT2D eigenvalue weighted by atomic mass is 10.1. The molecular weight excluding hydrogens is 228 g/mol. The minimum absolute atomic E-state index is 0.276. The average Bonchev–Trinajstić information content (AvgIpc) is 2.42. The molecule has 4 nitrogen and oxygen atoms in total. The van der Waals surface area contributed by atoms with Crippen LogP contribution in [0.5, 0.6) is 11.5 Å². The van der Waals surface area contributed by atoms with E-state index in [1.54, 1.807) is 13.2 Å².